The third-order valence-electron chi connectivity index (χ3n) is 17.8. The van der Waals surface area contributed by atoms with Gasteiger partial charge < -0.3 is 89.0 Å². The molecule has 63 heavy (non-hydrogen) atoms. The van der Waals surface area contributed by atoms with Gasteiger partial charge in [0.25, 0.3) is 0 Å². The SMILES string of the molecule is CC1COC2(CC1O[C@@H]1O[C@H](CO)[C@@H](O)[C@@H](O)[C@H]1O)OC1CC3C4CC(=O)[C@H]5CC(O[C@@H]6O[C@H](CO[C@@H]7OC[C@H](O)[C@@H](O)[C@H]7O)[C@@H](O)[C@@H](O)[C@H]6O)CCC5(C)C4CCC3(C)C1[C@@H]2C. The van der Waals surface area contributed by atoms with E-state index in [1.165, 1.54) is 0 Å². The van der Waals surface area contributed by atoms with Gasteiger partial charge in [-0.3, -0.25) is 4.79 Å². The molecule has 19 heteroatoms. The summed E-state index contributed by atoms with van der Waals surface area (Å²) in [6.45, 7) is 7.91. The molecule has 9 rings (SSSR count). The minimum absolute atomic E-state index is 0.0186. The van der Waals surface area contributed by atoms with Gasteiger partial charge in [0, 0.05) is 30.6 Å². The van der Waals surface area contributed by atoms with Crippen molar-refractivity contribution in [2.24, 2.45) is 52.3 Å². The van der Waals surface area contributed by atoms with E-state index >= 15 is 0 Å². The highest BCUT2D eigenvalue weighted by atomic mass is 16.7. The number of fused-ring (bicyclic) bond motifs is 7. The Morgan fingerprint density at radius 3 is 2.08 bits per heavy atom. The lowest BCUT2D eigenvalue weighted by atomic mass is 9.44. The zero-order valence-corrected chi connectivity index (χ0v) is 36.5. The van der Waals surface area contributed by atoms with Gasteiger partial charge in [0.1, 0.15) is 72.9 Å². The van der Waals surface area contributed by atoms with Crippen LogP contribution in [-0.4, -0.2) is 193 Å². The van der Waals surface area contributed by atoms with Gasteiger partial charge in [-0.05, 0) is 73.0 Å². The Labute approximate surface area is 366 Å². The maximum Gasteiger partial charge on any atom is 0.186 e. The Morgan fingerprint density at radius 1 is 0.714 bits per heavy atom. The molecule has 10 N–H and O–H groups in total. The van der Waals surface area contributed by atoms with E-state index < -0.39 is 111 Å². The molecule has 9 fully saturated rings. The summed E-state index contributed by atoms with van der Waals surface area (Å²) in [5.41, 5.74) is -0.387. The first kappa shape index (κ1) is 47.0. The van der Waals surface area contributed by atoms with Crippen molar-refractivity contribution in [1.82, 2.24) is 0 Å². The number of aliphatic hydroxyl groups is 10. The van der Waals surface area contributed by atoms with Crippen LogP contribution in [0, 0.1) is 52.3 Å². The molecular formula is C44H70O19. The molecule has 0 aromatic heterocycles. The Hall–Kier alpha value is -1.05. The lowest BCUT2D eigenvalue weighted by Crippen LogP contribution is -2.61. The van der Waals surface area contributed by atoms with Crippen molar-refractivity contribution >= 4 is 5.78 Å². The summed E-state index contributed by atoms with van der Waals surface area (Å²) < 4.78 is 48.7. The molecule has 27 atom stereocenters. The van der Waals surface area contributed by atoms with Crippen LogP contribution < -0.4 is 0 Å². The van der Waals surface area contributed by atoms with Crippen molar-refractivity contribution in [3.8, 4) is 0 Å². The molecular weight excluding hydrogens is 832 g/mol. The molecule has 19 nitrogen and oxygen atoms in total. The van der Waals surface area contributed by atoms with Crippen LogP contribution in [0.5, 0.6) is 0 Å². The van der Waals surface area contributed by atoms with E-state index in [0.29, 0.717) is 38.2 Å². The smallest absolute Gasteiger partial charge is 0.186 e. The normalized spacial score (nSPS) is 58.2. The molecule has 0 amide bonds. The van der Waals surface area contributed by atoms with Crippen LogP contribution in [0.25, 0.3) is 0 Å². The van der Waals surface area contributed by atoms with Gasteiger partial charge in [-0.2, -0.15) is 0 Å². The quantitative estimate of drug-likeness (QED) is 0.119. The van der Waals surface area contributed by atoms with Crippen LogP contribution >= 0.6 is 0 Å². The second-order valence-electron chi connectivity index (χ2n) is 21.2. The largest absolute Gasteiger partial charge is 0.394 e. The molecule has 5 heterocycles. The first-order valence-corrected chi connectivity index (χ1v) is 23.2. The summed E-state index contributed by atoms with van der Waals surface area (Å²) in [5.74, 6) is -0.228. The predicted molar refractivity (Wildman–Crippen MR) is 211 cm³/mol. The Kier molecular flexibility index (Phi) is 13.0. The fraction of sp³-hybridized carbons (Fsp3) is 0.977. The average Bonchev–Trinajstić information content (AvgIpc) is 3.70. The van der Waals surface area contributed by atoms with E-state index in [-0.39, 0.29) is 71.4 Å². The van der Waals surface area contributed by atoms with Gasteiger partial charge in [0.2, 0.25) is 0 Å². The number of hydrogen-bond donors (Lipinski definition) is 10. The summed E-state index contributed by atoms with van der Waals surface area (Å²) in [7, 11) is 0. The molecule has 11 unspecified atom stereocenters. The van der Waals surface area contributed by atoms with E-state index in [2.05, 4.69) is 20.8 Å². The number of Topliss-reactive ketones (excluding diaryl/α,β-unsaturated/α-hetero) is 1. The van der Waals surface area contributed by atoms with Crippen molar-refractivity contribution < 1.29 is 93.8 Å². The number of rotatable bonds is 8. The highest BCUT2D eigenvalue weighted by Gasteiger charge is 2.70. The second kappa shape index (κ2) is 17.5. The standard InChI is InChI=1S/C44H70O19/c1-17-14-58-44(12-27(17)60-41-38(55)34(51)32(49)28(13-45)61-41)18(2)30-26(63-44)11-22-20-10-24(46)23-9-19(5-7-42(23,3)21(20)6-8-43(22,30)4)59-40-37(54)35(52)33(50)29(62-40)16-57-39-36(53)31(48)25(47)15-56-39/h17-23,25-41,45,47-55H,5-16H2,1-4H3/t17?,18-,19?,20?,21?,22?,23+,25-,26?,27?,28+,29+,30?,31+,32+,33+,34+,35+,36+,37+,38+,39-,40+,41+,42?,43?,44?/m0/s1. The number of carbonyl (C=O) groups excluding carboxylic acids is 1. The van der Waals surface area contributed by atoms with Crippen molar-refractivity contribution in [3.63, 3.8) is 0 Å². The first-order chi connectivity index (χ1) is 29.8. The van der Waals surface area contributed by atoms with E-state index in [1.54, 1.807) is 0 Å². The number of ketones is 1. The summed E-state index contributed by atoms with van der Waals surface area (Å²) >= 11 is 0. The van der Waals surface area contributed by atoms with E-state index in [4.69, 9.17) is 37.9 Å². The minimum Gasteiger partial charge on any atom is -0.394 e. The van der Waals surface area contributed by atoms with Gasteiger partial charge in [-0.1, -0.05) is 27.7 Å². The van der Waals surface area contributed by atoms with Gasteiger partial charge in [0.15, 0.2) is 24.7 Å². The molecule has 0 aromatic carbocycles. The number of hydrogen-bond acceptors (Lipinski definition) is 19. The molecule has 4 saturated carbocycles. The molecule has 5 saturated heterocycles. The van der Waals surface area contributed by atoms with Crippen molar-refractivity contribution in [2.75, 3.05) is 26.4 Å². The number of ether oxygens (including phenoxy) is 8. The van der Waals surface area contributed by atoms with Gasteiger partial charge in [0.05, 0.1) is 44.7 Å². The molecule has 0 radical (unpaired) electrons. The molecule has 9 aliphatic rings. The summed E-state index contributed by atoms with van der Waals surface area (Å²) in [6, 6.07) is 0. The molecule has 0 bridgehead atoms. The zero-order valence-electron chi connectivity index (χ0n) is 36.5. The summed E-state index contributed by atoms with van der Waals surface area (Å²) in [5, 5.41) is 104. The van der Waals surface area contributed by atoms with Gasteiger partial charge >= 0.3 is 0 Å². The van der Waals surface area contributed by atoms with Gasteiger partial charge in [-0.15, -0.1) is 0 Å². The topological polar surface area (TPSA) is 293 Å². The monoisotopic (exact) mass is 902 g/mol. The zero-order chi connectivity index (χ0) is 45.1. The third-order valence-corrected chi connectivity index (χ3v) is 17.8. The molecule has 360 valence electrons. The van der Waals surface area contributed by atoms with Crippen LogP contribution in [0.15, 0.2) is 0 Å². The fourth-order valence-corrected chi connectivity index (χ4v) is 14.1. The van der Waals surface area contributed by atoms with Crippen LogP contribution in [0.3, 0.4) is 0 Å². The summed E-state index contributed by atoms with van der Waals surface area (Å²) in [6.07, 6.45) is -15.6. The second-order valence-corrected chi connectivity index (χ2v) is 21.2. The average molecular weight is 903 g/mol. The van der Waals surface area contributed by atoms with Crippen LogP contribution in [0.4, 0.5) is 0 Å². The lowest BCUT2D eigenvalue weighted by Gasteiger charge is -2.60. The highest BCUT2D eigenvalue weighted by Crippen LogP contribution is 2.71. The van der Waals surface area contributed by atoms with Gasteiger partial charge in [-0.25, -0.2) is 0 Å². The Balaban J connectivity index is 0.832. The van der Waals surface area contributed by atoms with E-state index in [0.717, 1.165) is 25.7 Å². The molecule has 5 aliphatic heterocycles. The van der Waals surface area contributed by atoms with Crippen LogP contribution in [0.2, 0.25) is 0 Å². The van der Waals surface area contributed by atoms with Crippen molar-refractivity contribution in [3.05, 3.63) is 0 Å². The number of carbonyl (C=O) groups is 1. The van der Waals surface area contributed by atoms with Crippen LogP contribution in [-0.2, 0) is 42.7 Å². The fourth-order valence-electron chi connectivity index (χ4n) is 14.1. The Bertz CT molecular complexity index is 1640. The lowest BCUT2D eigenvalue weighted by molar-refractivity contribution is -0.344. The molecule has 1 spiro atoms. The maximum absolute atomic E-state index is 14.4. The maximum atomic E-state index is 14.4. The summed E-state index contributed by atoms with van der Waals surface area (Å²) in [4.78, 5) is 14.4. The first-order valence-electron chi connectivity index (χ1n) is 23.2. The Morgan fingerprint density at radius 2 is 1.37 bits per heavy atom. The van der Waals surface area contributed by atoms with Crippen molar-refractivity contribution in [2.45, 2.75) is 189 Å². The third kappa shape index (κ3) is 7.78. The van der Waals surface area contributed by atoms with Crippen molar-refractivity contribution in [1.29, 1.82) is 0 Å². The van der Waals surface area contributed by atoms with E-state index in [9.17, 15) is 55.9 Å². The minimum atomic E-state index is -1.64. The highest BCUT2D eigenvalue weighted by molar-refractivity contribution is 5.83. The van der Waals surface area contributed by atoms with Crippen LogP contribution in [0.1, 0.15) is 79.1 Å². The molecule has 0 aromatic rings. The molecule has 4 aliphatic carbocycles. The number of aliphatic hydroxyl groups excluding tert-OH is 10. The predicted octanol–water partition coefficient (Wildman–Crippen LogP) is -1.94. The van der Waals surface area contributed by atoms with E-state index in [1.807, 2.05) is 6.92 Å².